The fourth-order valence-corrected chi connectivity index (χ4v) is 3.05. The van der Waals surface area contributed by atoms with Gasteiger partial charge in [0.15, 0.2) is 0 Å². The summed E-state index contributed by atoms with van der Waals surface area (Å²) in [7, 11) is 0. The number of carbonyl (C=O) groups is 1. The number of carbonyl (C=O) groups excluding carboxylic acids is 1. The van der Waals surface area contributed by atoms with E-state index in [1.54, 1.807) is 0 Å². The van der Waals surface area contributed by atoms with Gasteiger partial charge in [0.05, 0.1) is 25.5 Å². The molecule has 1 aromatic heterocycles. The minimum atomic E-state index is -0.0152. The van der Waals surface area contributed by atoms with Crippen molar-refractivity contribution in [2.45, 2.75) is 33.0 Å². The number of hydrogen-bond donors (Lipinski definition) is 1. The molecule has 1 unspecified atom stereocenters. The van der Waals surface area contributed by atoms with Crippen molar-refractivity contribution in [3.63, 3.8) is 0 Å². The Morgan fingerprint density at radius 2 is 2.32 bits per heavy atom. The van der Waals surface area contributed by atoms with Crippen molar-refractivity contribution in [2.24, 2.45) is 0 Å². The van der Waals surface area contributed by atoms with Crippen LogP contribution in [0.5, 0.6) is 0 Å². The largest absolute Gasteiger partial charge is 0.371 e. The number of hydrogen-bond acceptors (Lipinski definition) is 4. The number of nitrogens with one attached hydrogen (secondary N) is 1. The molecule has 1 aliphatic rings. The Kier molecular flexibility index (Phi) is 5.83. The Labute approximate surface area is 148 Å². The number of aryl methyl sites for hydroxylation is 2. The molecule has 0 saturated carbocycles. The van der Waals surface area contributed by atoms with Gasteiger partial charge in [-0.25, -0.2) is 0 Å². The molecule has 0 aliphatic carbocycles. The van der Waals surface area contributed by atoms with Gasteiger partial charge in [-0.1, -0.05) is 29.8 Å². The highest BCUT2D eigenvalue weighted by atomic mass is 16.5. The Bertz CT molecular complexity index is 713. The third kappa shape index (κ3) is 4.90. The van der Waals surface area contributed by atoms with Gasteiger partial charge in [0.2, 0.25) is 5.91 Å². The fraction of sp³-hybridized carbons (Fsp3) is 0.474. The van der Waals surface area contributed by atoms with Crippen LogP contribution in [0.15, 0.2) is 36.7 Å². The van der Waals surface area contributed by atoms with Crippen molar-refractivity contribution in [3.05, 3.63) is 53.3 Å². The minimum absolute atomic E-state index is 0.0152. The van der Waals surface area contributed by atoms with E-state index in [0.29, 0.717) is 26.2 Å². The Morgan fingerprint density at radius 3 is 3.08 bits per heavy atom. The molecule has 25 heavy (non-hydrogen) atoms. The molecule has 0 bridgehead atoms. The van der Waals surface area contributed by atoms with E-state index >= 15 is 0 Å². The second-order valence-corrected chi connectivity index (χ2v) is 6.49. The molecule has 1 amide bonds. The second kappa shape index (κ2) is 8.27. The Morgan fingerprint density at radius 1 is 1.44 bits per heavy atom. The summed E-state index contributed by atoms with van der Waals surface area (Å²) in [6.07, 6.45) is 3.86. The van der Waals surface area contributed by atoms with Gasteiger partial charge in [-0.2, -0.15) is 5.10 Å². The van der Waals surface area contributed by atoms with Crippen LogP contribution < -0.4 is 5.32 Å². The number of rotatable bonds is 6. The van der Waals surface area contributed by atoms with E-state index in [2.05, 4.69) is 41.3 Å². The molecule has 1 aliphatic heterocycles. The molecule has 1 N–H and O–H groups in total. The monoisotopic (exact) mass is 342 g/mol. The molecule has 1 aromatic carbocycles. The molecule has 1 saturated heterocycles. The van der Waals surface area contributed by atoms with Crippen LogP contribution in [0, 0.1) is 6.92 Å². The third-order valence-electron chi connectivity index (χ3n) is 4.44. The zero-order chi connectivity index (χ0) is 17.6. The van der Waals surface area contributed by atoms with Crippen molar-refractivity contribution >= 4 is 5.91 Å². The van der Waals surface area contributed by atoms with Gasteiger partial charge in [0.25, 0.3) is 0 Å². The smallest absolute Gasteiger partial charge is 0.234 e. The summed E-state index contributed by atoms with van der Waals surface area (Å²) in [4.78, 5) is 14.4. The van der Waals surface area contributed by atoms with Crippen molar-refractivity contribution in [1.29, 1.82) is 0 Å². The summed E-state index contributed by atoms with van der Waals surface area (Å²) in [5, 5.41) is 7.31. The highest BCUT2D eigenvalue weighted by Crippen LogP contribution is 2.21. The molecule has 0 radical (unpaired) electrons. The summed E-state index contributed by atoms with van der Waals surface area (Å²) in [5.74, 6) is 0.0476. The minimum Gasteiger partial charge on any atom is -0.371 e. The average Bonchev–Trinajstić information content (AvgIpc) is 3.10. The van der Waals surface area contributed by atoms with E-state index in [9.17, 15) is 4.79 Å². The van der Waals surface area contributed by atoms with Crippen LogP contribution in [0.3, 0.4) is 0 Å². The fourth-order valence-electron chi connectivity index (χ4n) is 3.05. The van der Waals surface area contributed by atoms with Gasteiger partial charge in [0.1, 0.15) is 0 Å². The van der Waals surface area contributed by atoms with Crippen molar-refractivity contribution in [1.82, 2.24) is 20.0 Å². The summed E-state index contributed by atoms with van der Waals surface area (Å²) < 4.78 is 7.74. The summed E-state index contributed by atoms with van der Waals surface area (Å²) >= 11 is 0. The molecule has 3 rings (SSSR count). The summed E-state index contributed by atoms with van der Waals surface area (Å²) in [6.45, 7) is 8.04. The molecular formula is C19H26N4O2. The number of nitrogens with zero attached hydrogens (tertiary/aromatic N) is 3. The van der Waals surface area contributed by atoms with Crippen LogP contribution in [-0.4, -0.2) is 46.8 Å². The molecule has 2 aromatic rings. The first-order valence-corrected chi connectivity index (χ1v) is 8.82. The first-order valence-electron chi connectivity index (χ1n) is 8.82. The zero-order valence-electron chi connectivity index (χ0n) is 14.9. The Hall–Kier alpha value is -2.18. The maximum Gasteiger partial charge on any atom is 0.234 e. The van der Waals surface area contributed by atoms with Gasteiger partial charge in [-0.15, -0.1) is 0 Å². The second-order valence-electron chi connectivity index (χ2n) is 6.49. The van der Waals surface area contributed by atoms with Crippen LogP contribution in [-0.2, 0) is 22.6 Å². The number of aromatic nitrogens is 2. The van der Waals surface area contributed by atoms with Gasteiger partial charge < -0.3 is 10.1 Å². The van der Waals surface area contributed by atoms with E-state index < -0.39 is 0 Å². The highest BCUT2D eigenvalue weighted by Gasteiger charge is 2.24. The van der Waals surface area contributed by atoms with Crippen LogP contribution >= 0.6 is 0 Å². The van der Waals surface area contributed by atoms with E-state index in [0.717, 1.165) is 24.2 Å². The lowest BCUT2D eigenvalue weighted by Crippen LogP contribution is -2.44. The molecular weight excluding hydrogens is 316 g/mol. The molecule has 1 atom stereocenters. The lowest BCUT2D eigenvalue weighted by atomic mass is 10.1. The van der Waals surface area contributed by atoms with Gasteiger partial charge >= 0.3 is 0 Å². The SMILES string of the molecule is CCn1cc(C2CN(CC(=O)NCc3cccc(C)c3)CCO2)cn1. The van der Waals surface area contributed by atoms with Gasteiger partial charge in [-0.05, 0) is 19.4 Å². The molecule has 1 fully saturated rings. The molecule has 6 heteroatoms. The topological polar surface area (TPSA) is 59.4 Å². The van der Waals surface area contributed by atoms with Crippen molar-refractivity contribution < 1.29 is 9.53 Å². The van der Waals surface area contributed by atoms with Crippen molar-refractivity contribution in [3.8, 4) is 0 Å². The van der Waals surface area contributed by atoms with Gasteiger partial charge in [-0.3, -0.25) is 14.4 Å². The summed E-state index contributed by atoms with van der Waals surface area (Å²) in [6, 6.07) is 8.19. The maximum atomic E-state index is 12.3. The number of amides is 1. The first kappa shape index (κ1) is 17.6. The quantitative estimate of drug-likeness (QED) is 0.871. The van der Waals surface area contributed by atoms with Crippen LogP contribution in [0.25, 0.3) is 0 Å². The molecule has 0 spiro atoms. The van der Waals surface area contributed by atoms with E-state index in [1.165, 1.54) is 5.56 Å². The first-order chi connectivity index (χ1) is 12.1. The lowest BCUT2D eigenvalue weighted by Gasteiger charge is -2.32. The molecule has 2 heterocycles. The van der Waals surface area contributed by atoms with Gasteiger partial charge in [0, 0.05) is 37.9 Å². The molecule has 134 valence electrons. The summed E-state index contributed by atoms with van der Waals surface area (Å²) in [5.41, 5.74) is 3.40. The van der Waals surface area contributed by atoms with Crippen LogP contribution in [0.1, 0.15) is 29.7 Å². The lowest BCUT2D eigenvalue weighted by molar-refractivity contribution is -0.124. The predicted octanol–water partition coefficient (Wildman–Crippen LogP) is 1.90. The van der Waals surface area contributed by atoms with Crippen molar-refractivity contribution in [2.75, 3.05) is 26.2 Å². The third-order valence-corrected chi connectivity index (χ3v) is 4.44. The van der Waals surface area contributed by atoms with Crippen LogP contribution in [0.4, 0.5) is 0 Å². The van der Waals surface area contributed by atoms with E-state index in [1.807, 2.05) is 29.2 Å². The zero-order valence-corrected chi connectivity index (χ0v) is 14.9. The normalized spacial score (nSPS) is 18.2. The van der Waals surface area contributed by atoms with Crippen LogP contribution in [0.2, 0.25) is 0 Å². The highest BCUT2D eigenvalue weighted by molar-refractivity contribution is 5.78. The number of morpholine rings is 1. The van der Waals surface area contributed by atoms with E-state index in [4.69, 9.17) is 4.74 Å². The van der Waals surface area contributed by atoms with E-state index in [-0.39, 0.29) is 12.0 Å². The number of ether oxygens (including phenoxy) is 1. The number of benzene rings is 1. The average molecular weight is 342 g/mol. The predicted molar refractivity (Wildman–Crippen MR) is 96.1 cm³/mol. The maximum absolute atomic E-state index is 12.3. The Balaban J connectivity index is 1.49. The standard InChI is InChI=1S/C19H26N4O2/c1-3-23-12-17(11-21-23)18-13-22(7-8-25-18)14-19(24)20-10-16-6-4-5-15(2)9-16/h4-6,9,11-12,18H,3,7-8,10,13-14H2,1-2H3,(H,20,24). The molecule has 6 nitrogen and oxygen atoms in total.